The molecule has 7 heteroatoms. The Bertz CT molecular complexity index is 986. The molecule has 1 aliphatic rings. The molecule has 0 unspecified atom stereocenters. The van der Waals surface area contributed by atoms with Crippen LogP contribution in [0.5, 0.6) is 0 Å². The first kappa shape index (κ1) is 17.5. The van der Waals surface area contributed by atoms with E-state index in [1.54, 1.807) is 28.0 Å². The van der Waals surface area contributed by atoms with Gasteiger partial charge in [-0.25, -0.2) is 9.37 Å². The quantitative estimate of drug-likeness (QED) is 0.715. The minimum atomic E-state index is -0.263. The van der Waals surface area contributed by atoms with Gasteiger partial charge in [0.25, 0.3) is 5.91 Å². The Morgan fingerprint density at radius 2 is 1.96 bits per heavy atom. The molecule has 0 saturated heterocycles. The molecular formula is C20H22FN5O. The third kappa shape index (κ3) is 3.13. The second kappa shape index (κ2) is 6.64. The maximum Gasteiger partial charge on any atom is 0.274 e. The molecular weight excluding hydrogens is 345 g/mol. The highest BCUT2D eigenvalue weighted by molar-refractivity contribution is 5.92. The monoisotopic (exact) mass is 367 g/mol. The average molecular weight is 367 g/mol. The molecule has 1 aromatic carbocycles. The molecule has 0 bridgehead atoms. The SMILES string of the molecule is CC(C)c1cc(C(=O)N2CCc3c(ncn3-c3ccc(F)cc3)C2)nn1C. The number of amides is 1. The van der Waals surface area contributed by atoms with E-state index < -0.39 is 0 Å². The van der Waals surface area contributed by atoms with Crippen molar-refractivity contribution in [3.05, 3.63) is 65.3 Å². The second-order valence-electron chi connectivity index (χ2n) is 7.19. The van der Waals surface area contributed by atoms with Gasteiger partial charge < -0.3 is 9.47 Å². The Morgan fingerprint density at radius 1 is 1.22 bits per heavy atom. The van der Waals surface area contributed by atoms with Crippen LogP contribution in [-0.2, 0) is 20.0 Å². The van der Waals surface area contributed by atoms with Gasteiger partial charge in [-0.3, -0.25) is 9.48 Å². The Morgan fingerprint density at radius 3 is 2.63 bits per heavy atom. The lowest BCUT2D eigenvalue weighted by atomic mass is 10.1. The molecule has 0 saturated carbocycles. The van der Waals surface area contributed by atoms with Crippen molar-refractivity contribution in [3.63, 3.8) is 0 Å². The van der Waals surface area contributed by atoms with E-state index in [9.17, 15) is 9.18 Å². The van der Waals surface area contributed by atoms with Crippen molar-refractivity contribution in [2.24, 2.45) is 7.05 Å². The number of fused-ring (bicyclic) bond motifs is 1. The fourth-order valence-corrected chi connectivity index (χ4v) is 3.59. The summed E-state index contributed by atoms with van der Waals surface area (Å²) in [6, 6.07) is 8.22. The standard InChI is InChI=1S/C20H22FN5O/c1-13(2)19-10-16(23-24(19)3)20(27)25-9-8-18-17(11-25)22-12-26(18)15-6-4-14(21)5-7-15/h4-7,10,12-13H,8-9,11H2,1-3H3. The number of carbonyl (C=O) groups is 1. The molecule has 0 aliphatic carbocycles. The van der Waals surface area contributed by atoms with Crippen molar-refractivity contribution in [3.8, 4) is 5.69 Å². The Labute approximate surface area is 157 Å². The summed E-state index contributed by atoms with van der Waals surface area (Å²) in [7, 11) is 1.87. The summed E-state index contributed by atoms with van der Waals surface area (Å²) in [5.74, 6) is -0.0245. The third-order valence-corrected chi connectivity index (χ3v) is 5.03. The maximum absolute atomic E-state index is 13.2. The molecule has 0 N–H and O–H groups in total. The molecule has 3 aromatic rings. The number of benzene rings is 1. The van der Waals surface area contributed by atoms with Gasteiger partial charge in [-0.2, -0.15) is 5.10 Å². The largest absolute Gasteiger partial charge is 0.331 e. The summed E-state index contributed by atoms with van der Waals surface area (Å²) in [6.45, 7) is 5.23. The number of halogens is 1. The maximum atomic E-state index is 13.2. The van der Waals surface area contributed by atoms with Crippen molar-refractivity contribution >= 4 is 5.91 Å². The Hall–Kier alpha value is -2.96. The fraction of sp³-hybridized carbons (Fsp3) is 0.350. The van der Waals surface area contributed by atoms with Crippen LogP contribution < -0.4 is 0 Å². The zero-order valence-corrected chi connectivity index (χ0v) is 15.7. The smallest absolute Gasteiger partial charge is 0.274 e. The summed E-state index contributed by atoms with van der Waals surface area (Å²) in [5.41, 5.74) is 4.32. The van der Waals surface area contributed by atoms with Gasteiger partial charge >= 0.3 is 0 Å². The van der Waals surface area contributed by atoms with Crippen LogP contribution in [0, 0.1) is 5.82 Å². The van der Waals surface area contributed by atoms with Crippen molar-refractivity contribution in [1.82, 2.24) is 24.2 Å². The minimum absolute atomic E-state index is 0.0699. The molecule has 1 amide bonds. The van der Waals surface area contributed by atoms with Crippen LogP contribution >= 0.6 is 0 Å². The van der Waals surface area contributed by atoms with E-state index in [1.165, 1.54) is 12.1 Å². The Kier molecular flexibility index (Phi) is 4.30. The highest BCUT2D eigenvalue weighted by Crippen LogP contribution is 2.23. The van der Waals surface area contributed by atoms with E-state index in [0.717, 1.165) is 22.8 Å². The van der Waals surface area contributed by atoms with Gasteiger partial charge in [0.2, 0.25) is 0 Å². The highest BCUT2D eigenvalue weighted by Gasteiger charge is 2.27. The fourth-order valence-electron chi connectivity index (χ4n) is 3.59. The molecule has 0 fully saturated rings. The van der Waals surface area contributed by atoms with Crippen LogP contribution in [0.4, 0.5) is 4.39 Å². The lowest BCUT2D eigenvalue weighted by molar-refractivity contribution is 0.0724. The van der Waals surface area contributed by atoms with Gasteiger partial charge in [-0.1, -0.05) is 13.8 Å². The molecule has 140 valence electrons. The summed E-state index contributed by atoms with van der Waals surface area (Å²) < 4.78 is 16.9. The van der Waals surface area contributed by atoms with E-state index >= 15 is 0 Å². The van der Waals surface area contributed by atoms with E-state index in [4.69, 9.17) is 0 Å². The van der Waals surface area contributed by atoms with Crippen molar-refractivity contribution < 1.29 is 9.18 Å². The van der Waals surface area contributed by atoms with E-state index in [-0.39, 0.29) is 11.7 Å². The van der Waals surface area contributed by atoms with E-state index in [0.29, 0.717) is 31.1 Å². The number of nitrogens with zero attached hydrogens (tertiary/aromatic N) is 5. The molecule has 6 nitrogen and oxygen atoms in total. The first-order valence-electron chi connectivity index (χ1n) is 9.08. The van der Waals surface area contributed by atoms with Crippen LogP contribution in [0.25, 0.3) is 5.69 Å². The summed E-state index contributed by atoms with van der Waals surface area (Å²) in [5, 5.41) is 4.39. The first-order valence-corrected chi connectivity index (χ1v) is 9.08. The topological polar surface area (TPSA) is 56.0 Å². The molecule has 27 heavy (non-hydrogen) atoms. The average Bonchev–Trinajstić information content (AvgIpc) is 3.25. The van der Waals surface area contributed by atoms with Crippen LogP contribution in [0.1, 0.15) is 47.3 Å². The zero-order valence-electron chi connectivity index (χ0n) is 15.7. The molecule has 4 rings (SSSR count). The lowest BCUT2D eigenvalue weighted by Crippen LogP contribution is -2.36. The van der Waals surface area contributed by atoms with Gasteiger partial charge in [0, 0.05) is 37.1 Å². The first-order chi connectivity index (χ1) is 12.9. The summed E-state index contributed by atoms with van der Waals surface area (Å²) in [4.78, 5) is 19.2. The zero-order chi connectivity index (χ0) is 19.1. The summed E-state index contributed by atoms with van der Waals surface area (Å²) >= 11 is 0. The van der Waals surface area contributed by atoms with Crippen LogP contribution in [0.3, 0.4) is 0 Å². The van der Waals surface area contributed by atoms with Crippen LogP contribution in [0.2, 0.25) is 0 Å². The lowest BCUT2D eigenvalue weighted by Gasteiger charge is -2.26. The van der Waals surface area contributed by atoms with Gasteiger partial charge in [0.05, 0.1) is 18.6 Å². The van der Waals surface area contributed by atoms with E-state index in [1.807, 2.05) is 17.7 Å². The van der Waals surface area contributed by atoms with E-state index in [2.05, 4.69) is 23.9 Å². The van der Waals surface area contributed by atoms with Gasteiger partial charge in [0.1, 0.15) is 5.82 Å². The van der Waals surface area contributed by atoms with Crippen molar-refractivity contribution in [2.45, 2.75) is 32.7 Å². The Balaban J connectivity index is 1.56. The number of hydrogen-bond donors (Lipinski definition) is 0. The van der Waals surface area contributed by atoms with Gasteiger partial charge in [-0.15, -0.1) is 0 Å². The minimum Gasteiger partial charge on any atom is -0.331 e. The number of hydrogen-bond acceptors (Lipinski definition) is 3. The summed E-state index contributed by atoms with van der Waals surface area (Å²) in [6.07, 6.45) is 2.44. The predicted molar refractivity (Wildman–Crippen MR) is 99.3 cm³/mol. The molecule has 1 aliphatic heterocycles. The molecule has 0 atom stereocenters. The van der Waals surface area contributed by atoms with Crippen molar-refractivity contribution in [2.75, 3.05) is 6.54 Å². The number of carbonyl (C=O) groups excluding carboxylic acids is 1. The van der Waals surface area contributed by atoms with Gasteiger partial charge in [0.15, 0.2) is 5.69 Å². The molecule has 3 heterocycles. The van der Waals surface area contributed by atoms with Crippen LogP contribution in [-0.4, -0.2) is 36.7 Å². The third-order valence-electron chi connectivity index (χ3n) is 5.03. The molecule has 0 spiro atoms. The highest BCUT2D eigenvalue weighted by atomic mass is 19.1. The number of aryl methyl sites for hydroxylation is 1. The molecule has 0 radical (unpaired) electrons. The number of imidazole rings is 1. The van der Waals surface area contributed by atoms with Gasteiger partial charge in [-0.05, 0) is 36.2 Å². The molecule has 2 aromatic heterocycles. The predicted octanol–water partition coefficient (Wildman–Crippen LogP) is 3.07. The number of aromatic nitrogens is 4. The van der Waals surface area contributed by atoms with Crippen molar-refractivity contribution in [1.29, 1.82) is 0 Å². The normalized spacial score (nSPS) is 13.9. The second-order valence-corrected chi connectivity index (χ2v) is 7.19. The van der Waals surface area contributed by atoms with Crippen LogP contribution in [0.15, 0.2) is 36.7 Å². The number of rotatable bonds is 3.